The van der Waals surface area contributed by atoms with Crippen molar-refractivity contribution in [3.63, 3.8) is 0 Å². The first-order valence-corrected chi connectivity index (χ1v) is 10.6. The van der Waals surface area contributed by atoms with Gasteiger partial charge in [-0.3, -0.25) is 0 Å². The van der Waals surface area contributed by atoms with Gasteiger partial charge in [0, 0.05) is 0 Å². The van der Waals surface area contributed by atoms with E-state index in [9.17, 15) is 0 Å². The normalized spacial score (nSPS) is 9.46. The average Bonchev–Trinajstić information content (AvgIpc) is 2.64. The van der Waals surface area contributed by atoms with Crippen LogP contribution < -0.4 is 0 Å². The third kappa shape index (κ3) is 29.2. The second kappa shape index (κ2) is 30.2. The molecule has 0 N–H and O–H groups in total. The molecule has 0 bridgehead atoms. The number of rotatable bonds is 15. The van der Waals surface area contributed by atoms with Crippen molar-refractivity contribution in [1.82, 2.24) is 0 Å². The van der Waals surface area contributed by atoms with Crippen LogP contribution in [0, 0.1) is 13.0 Å². The molecule has 0 nitrogen and oxygen atoms in total. The minimum absolute atomic E-state index is 0. The van der Waals surface area contributed by atoms with Gasteiger partial charge in [-0.1, -0.05) is 103 Å². The Morgan fingerprint density at radius 3 is 1.15 bits per heavy atom. The van der Waals surface area contributed by atoms with Crippen molar-refractivity contribution in [3.05, 3.63) is 43.3 Å². The summed E-state index contributed by atoms with van der Waals surface area (Å²) in [5.41, 5.74) is 0. The maximum Gasteiger partial charge on any atom is 2.00 e. The van der Waals surface area contributed by atoms with Crippen LogP contribution >= 0.6 is 17.0 Å². The molecule has 0 amide bonds. The molecule has 1 rings (SSSR count). The Bertz CT molecular complexity index is 260. The summed E-state index contributed by atoms with van der Waals surface area (Å²) in [6, 6.07) is 12.5. The van der Waals surface area contributed by atoms with Crippen molar-refractivity contribution in [1.29, 1.82) is 0 Å². The monoisotopic (exact) mass is 434 g/mol. The van der Waals surface area contributed by atoms with Crippen molar-refractivity contribution in [2.75, 3.05) is 0 Å². The maximum absolute atomic E-state index is 3.88. The van der Waals surface area contributed by atoms with E-state index in [2.05, 4.69) is 19.9 Å². The van der Waals surface area contributed by atoms with Crippen LogP contribution in [0.15, 0.2) is 30.3 Å². The predicted molar refractivity (Wildman–Crippen MR) is 126 cm³/mol. The van der Waals surface area contributed by atoms with E-state index in [4.69, 9.17) is 0 Å². The van der Waals surface area contributed by atoms with Gasteiger partial charge in [-0.25, -0.2) is 0 Å². The van der Waals surface area contributed by atoms with E-state index < -0.39 is 0 Å². The van der Waals surface area contributed by atoms with Crippen LogP contribution in [0.25, 0.3) is 0 Å². The predicted octanol–water partition coefficient (Wildman–Crippen LogP) is 8.77. The number of hydrogen-bond donors (Lipinski definition) is 0. The molecule has 0 heterocycles. The molecular formula is C24H43BrMg. The molecule has 2 heteroatoms. The van der Waals surface area contributed by atoms with Gasteiger partial charge in [0.1, 0.15) is 0 Å². The zero-order valence-electron chi connectivity index (χ0n) is 17.5. The van der Waals surface area contributed by atoms with Gasteiger partial charge >= 0.3 is 23.1 Å². The number of benzene rings is 1. The molecule has 148 valence electrons. The van der Waals surface area contributed by atoms with E-state index in [0.29, 0.717) is 0 Å². The van der Waals surface area contributed by atoms with Crippen molar-refractivity contribution in [2.24, 2.45) is 0 Å². The first-order valence-electron chi connectivity index (χ1n) is 10.6. The maximum atomic E-state index is 3.88. The Hall–Kier alpha value is 0.466. The molecule has 0 spiro atoms. The molecule has 26 heavy (non-hydrogen) atoms. The van der Waals surface area contributed by atoms with Gasteiger partial charge in [0.15, 0.2) is 0 Å². The Kier molecular flexibility index (Phi) is 36.2. The zero-order chi connectivity index (χ0) is 17.6. The van der Waals surface area contributed by atoms with Gasteiger partial charge in [-0.2, -0.15) is 42.8 Å². The molecule has 0 aromatic heterocycles. The Labute approximate surface area is 192 Å². The summed E-state index contributed by atoms with van der Waals surface area (Å²) in [6.45, 7) is 6.18. The van der Waals surface area contributed by atoms with E-state index in [1.807, 2.05) is 30.3 Å². The van der Waals surface area contributed by atoms with Gasteiger partial charge in [0.2, 0.25) is 0 Å². The molecule has 0 aliphatic heterocycles. The molecule has 0 unspecified atom stereocenters. The summed E-state index contributed by atoms with van der Waals surface area (Å²) in [5, 5.41) is 0. The largest absolute Gasteiger partial charge is 2.00 e. The van der Waals surface area contributed by atoms with E-state index in [1.54, 1.807) is 0 Å². The molecule has 0 atom stereocenters. The number of unbranched alkanes of at least 4 members (excludes halogenated alkanes) is 15. The molecule has 0 radical (unpaired) electrons. The van der Waals surface area contributed by atoms with E-state index in [0.717, 1.165) is 6.42 Å². The zero-order valence-corrected chi connectivity index (χ0v) is 20.7. The summed E-state index contributed by atoms with van der Waals surface area (Å²) in [5.74, 6) is 0. The Morgan fingerprint density at radius 1 is 0.577 bits per heavy atom. The summed E-state index contributed by atoms with van der Waals surface area (Å²) in [7, 11) is 0. The third-order valence-corrected chi connectivity index (χ3v) is 4.46. The molecular weight excluding hydrogens is 392 g/mol. The fourth-order valence-corrected chi connectivity index (χ4v) is 2.89. The van der Waals surface area contributed by atoms with Crippen molar-refractivity contribution < 1.29 is 0 Å². The van der Waals surface area contributed by atoms with Crippen LogP contribution in [0.5, 0.6) is 0 Å². The van der Waals surface area contributed by atoms with Gasteiger partial charge in [-0.15, -0.1) is 17.0 Å². The Balaban J connectivity index is -0.000000558. The van der Waals surface area contributed by atoms with E-state index >= 15 is 0 Å². The van der Waals surface area contributed by atoms with Crippen molar-refractivity contribution in [3.8, 4) is 0 Å². The Morgan fingerprint density at radius 2 is 0.923 bits per heavy atom. The minimum atomic E-state index is 0. The summed E-state index contributed by atoms with van der Waals surface area (Å²) >= 11 is 0. The first-order chi connectivity index (χ1) is 11.9. The van der Waals surface area contributed by atoms with Gasteiger partial charge in [0.25, 0.3) is 0 Å². The first kappa shape index (κ1) is 31.2. The molecule has 1 aromatic carbocycles. The fourth-order valence-electron chi connectivity index (χ4n) is 2.89. The van der Waals surface area contributed by atoms with Crippen LogP contribution in [0.2, 0.25) is 0 Å². The molecule has 0 aliphatic carbocycles. The fraction of sp³-hybridized carbons (Fsp3) is 0.708. The van der Waals surface area contributed by atoms with Crippen LogP contribution in [0.3, 0.4) is 0 Å². The van der Waals surface area contributed by atoms with Crippen LogP contribution in [0.1, 0.15) is 110 Å². The van der Waals surface area contributed by atoms with Crippen LogP contribution in [0.4, 0.5) is 0 Å². The van der Waals surface area contributed by atoms with Gasteiger partial charge < -0.3 is 6.92 Å². The quantitative estimate of drug-likeness (QED) is 0.147. The third-order valence-electron chi connectivity index (χ3n) is 4.46. The van der Waals surface area contributed by atoms with E-state index in [-0.39, 0.29) is 40.0 Å². The second-order valence-electron chi connectivity index (χ2n) is 6.88. The van der Waals surface area contributed by atoms with Crippen LogP contribution in [-0.2, 0) is 0 Å². The topological polar surface area (TPSA) is 0 Å². The average molecular weight is 436 g/mol. The smallest absolute Gasteiger partial charge is 0.343 e. The molecule has 0 saturated heterocycles. The summed E-state index contributed by atoms with van der Waals surface area (Å²) in [4.78, 5) is 0. The van der Waals surface area contributed by atoms with Crippen LogP contribution in [-0.4, -0.2) is 23.1 Å². The second-order valence-corrected chi connectivity index (χ2v) is 6.88. The molecule has 0 aliphatic rings. The van der Waals surface area contributed by atoms with Crippen molar-refractivity contribution in [2.45, 2.75) is 110 Å². The number of hydrogen-bond acceptors (Lipinski definition) is 0. The standard InChI is InChI=1S/C18H37.C6H5.BrH.Mg/c1-3-5-7-9-11-13-15-17-18-16-14-12-10-8-6-4-2;1-2-4-6-5-3-1;;/h1,3-18H2,2H3;1-5H;1H;/q2*-1;;+2. The van der Waals surface area contributed by atoms with Crippen molar-refractivity contribution >= 4 is 40.0 Å². The minimum Gasteiger partial charge on any atom is -0.343 e. The van der Waals surface area contributed by atoms with E-state index in [1.165, 1.54) is 96.3 Å². The SMILES string of the molecule is Br.[CH2-]CCCCCCCCCCCCCCCCC.[Mg+2].[c-]1ccccc1. The molecule has 0 fully saturated rings. The molecule has 1 aromatic rings. The summed E-state index contributed by atoms with van der Waals surface area (Å²) in [6.07, 6.45) is 22.8. The van der Waals surface area contributed by atoms with Gasteiger partial charge in [-0.05, 0) is 0 Å². The molecule has 0 saturated carbocycles. The number of halogens is 1. The summed E-state index contributed by atoms with van der Waals surface area (Å²) < 4.78 is 0. The van der Waals surface area contributed by atoms with Gasteiger partial charge in [0.05, 0.1) is 0 Å².